The van der Waals surface area contributed by atoms with Gasteiger partial charge in [0.15, 0.2) is 0 Å². The topological polar surface area (TPSA) is 136 Å². The number of aromatic nitrogens is 12. The van der Waals surface area contributed by atoms with E-state index in [1.54, 1.807) is 0 Å². The van der Waals surface area contributed by atoms with Gasteiger partial charge in [0, 0.05) is 52.1 Å². The molecular formula is C44H49N12+. The van der Waals surface area contributed by atoms with Gasteiger partial charge in [-0.15, -0.1) is 0 Å². The second-order valence-corrected chi connectivity index (χ2v) is 15.4. The Morgan fingerprint density at radius 3 is 1.04 bits per heavy atom. The van der Waals surface area contributed by atoms with Crippen molar-refractivity contribution < 1.29 is 4.57 Å². The molecule has 5 N–H and O–H groups in total. The average Bonchev–Trinajstić information content (AvgIpc) is 4.07. The largest absolute Gasteiger partial charge is 0.354 e. The molecule has 1 aliphatic heterocycles. The molecule has 0 saturated heterocycles. The lowest BCUT2D eigenvalue weighted by atomic mass is 10.1. The average molecular weight is 746 g/mol. The number of hydrogen-bond donors (Lipinski definition) is 5. The third kappa shape index (κ3) is 5.11. The third-order valence-electron chi connectivity index (χ3n) is 12.3. The first-order chi connectivity index (χ1) is 26.7. The molecule has 0 aliphatic carbocycles. The molecule has 0 amide bonds. The molecule has 0 saturated carbocycles. The maximum absolute atomic E-state index is 5.14. The van der Waals surface area contributed by atoms with Crippen LogP contribution in [0.25, 0.3) is 22.3 Å². The van der Waals surface area contributed by atoms with Crippen molar-refractivity contribution in [1.82, 2.24) is 53.6 Å². The third-order valence-corrected chi connectivity index (χ3v) is 12.3. The van der Waals surface area contributed by atoms with Crippen LogP contribution < -0.4 is 26.0 Å². The summed E-state index contributed by atoms with van der Waals surface area (Å²) in [6.07, 6.45) is 0. The summed E-state index contributed by atoms with van der Waals surface area (Å²) in [4.78, 5) is 34.6. The lowest BCUT2D eigenvalue weighted by Gasteiger charge is -2.09. The van der Waals surface area contributed by atoms with Gasteiger partial charge in [0.2, 0.25) is 0 Å². The Balaban J connectivity index is 1.48. The number of H-pyrrole nitrogens is 5. The number of rotatable bonds is 4. The normalized spacial score (nSPS) is 13.2. The van der Waals surface area contributed by atoms with Gasteiger partial charge >= 0.3 is 0 Å². The summed E-state index contributed by atoms with van der Waals surface area (Å²) in [5.74, 6) is 3.60. The molecule has 8 bridgehead atoms. The molecule has 0 aromatic carbocycles. The lowest BCUT2D eigenvalue weighted by Crippen LogP contribution is -2.36. The molecule has 0 spiro atoms. The Morgan fingerprint density at radius 2 is 0.750 bits per heavy atom. The molecule has 12 heteroatoms. The van der Waals surface area contributed by atoms with Crippen molar-refractivity contribution in [2.45, 2.75) is 55.4 Å². The summed E-state index contributed by atoms with van der Waals surface area (Å²) < 4.78 is 8.75. The highest BCUT2D eigenvalue weighted by atomic mass is 15.1. The van der Waals surface area contributed by atoms with Gasteiger partial charge < -0.3 is 33.6 Å². The second-order valence-electron chi connectivity index (χ2n) is 15.4. The smallest absolute Gasteiger partial charge is 0.291 e. The van der Waals surface area contributed by atoms with Gasteiger partial charge in [-0.25, -0.2) is 24.5 Å². The number of nitrogens with one attached hydrogen (secondary N) is 5. The zero-order chi connectivity index (χ0) is 39.5. The first-order valence-corrected chi connectivity index (χ1v) is 19.1. The molecular weight excluding hydrogens is 697 g/mol. The van der Waals surface area contributed by atoms with Crippen molar-refractivity contribution in [1.29, 1.82) is 0 Å². The fourth-order valence-electron chi connectivity index (χ4n) is 8.13. The van der Waals surface area contributed by atoms with E-state index in [0.717, 1.165) is 130 Å². The van der Waals surface area contributed by atoms with Crippen LogP contribution >= 0.6 is 0 Å². The summed E-state index contributed by atoms with van der Waals surface area (Å²) >= 11 is 0. The molecule has 0 unspecified atom stereocenters. The Labute approximate surface area is 324 Å². The molecule has 9 rings (SSSR count). The highest BCUT2D eigenvalue weighted by Gasteiger charge is 2.27. The highest BCUT2D eigenvalue weighted by molar-refractivity contribution is 5.81. The predicted molar refractivity (Wildman–Crippen MR) is 218 cm³/mol. The molecule has 1 aliphatic rings. The number of aryl methyl sites for hydroxylation is 4. The fourth-order valence-corrected chi connectivity index (χ4v) is 8.13. The fraction of sp³-hybridized carbons (Fsp3) is 0.273. The standard InChI is InChI=1S/C44H48N12/c1-21-25(5)53(9)41(45-21)37-29-13-15-31(49-29)38(42-46-22(2)26(6)54(42)10)33-17-19-35(51-33)40(44-48-24(4)28(8)56(44)12)36-20-18-34(52-36)39(32-16-14-30(37)50-32)43-47-23(3)27(7)55(43)11/h13-20H,1-12H3,(H4,45,46,47,48,49,50,51,52)/p+1. The minimum Gasteiger partial charge on any atom is -0.354 e. The molecule has 0 fully saturated rings. The first-order valence-electron chi connectivity index (χ1n) is 19.1. The van der Waals surface area contributed by atoms with E-state index >= 15 is 0 Å². The van der Waals surface area contributed by atoms with Gasteiger partial charge in [-0.3, -0.25) is 0 Å². The van der Waals surface area contributed by atoms with E-state index in [4.69, 9.17) is 15.0 Å². The van der Waals surface area contributed by atoms with Crippen LogP contribution in [0.2, 0.25) is 0 Å². The first kappa shape index (κ1) is 35.2. The molecule has 56 heavy (non-hydrogen) atoms. The van der Waals surface area contributed by atoms with Crippen molar-refractivity contribution in [3.05, 3.63) is 162 Å². The number of nitrogens with zero attached hydrogens (tertiary/aromatic N) is 7. The van der Waals surface area contributed by atoms with Gasteiger partial charge in [0.05, 0.1) is 85.0 Å². The molecule has 9 heterocycles. The van der Waals surface area contributed by atoms with Crippen LogP contribution in [0.4, 0.5) is 0 Å². The minimum absolute atomic E-state index is 0.867. The quantitative estimate of drug-likeness (QED) is 0.177. The second kappa shape index (κ2) is 12.5. The van der Waals surface area contributed by atoms with Crippen molar-refractivity contribution in [2.24, 2.45) is 28.2 Å². The Morgan fingerprint density at radius 1 is 0.429 bits per heavy atom. The number of imidazole rings is 4. The van der Waals surface area contributed by atoms with Gasteiger partial charge in [0.1, 0.15) is 34.4 Å². The molecule has 0 radical (unpaired) electrons. The van der Waals surface area contributed by atoms with Crippen LogP contribution in [0.15, 0.2) is 48.5 Å². The molecule has 12 nitrogen and oxygen atoms in total. The van der Waals surface area contributed by atoms with Crippen LogP contribution in [-0.2, 0) is 28.2 Å². The van der Waals surface area contributed by atoms with E-state index in [9.17, 15) is 0 Å². The SMILES string of the molecule is Cc1nc(C2=c3ccc([nH]3)=C(c3nc(C)c(C)n3C)c3ccc([nH]3)C(c3[nH]c(C)c(C)[n+]3C)=c3ccc([nH]3)=C(c3nc(C)c(C)n3C)c3ccc2[nH]3)n(C)c1C. The molecule has 0 atom stereocenters. The van der Waals surface area contributed by atoms with Gasteiger partial charge in [-0.2, -0.15) is 0 Å². The van der Waals surface area contributed by atoms with Crippen molar-refractivity contribution in [3.8, 4) is 0 Å². The van der Waals surface area contributed by atoms with E-state index in [2.05, 4.69) is 175 Å². The van der Waals surface area contributed by atoms with Crippen LogP contribution in [0.1, 0.15) is 91.6 Å². The highest BCUT2D eigenvalue weighted by Crippen LogP contribution is 2.28. The summed E-state index contributed by atoms with van der Waals surface area (Å²) in [5, 5.41) is 3.78. The zero-order valence-corrected chi connectivity index (χ0v) is 34.2. The van der Waals surface area contributed by atoms with Gasteiger partial charge in [-0.1, -0.05) is 0 Å². The summed E-state index contributed by atoms with van der Waals surface area (Å²) in [6, 6.07) is 17.3. The number of aromatic amines is 5. The van der Waals surface area contributed by atoms with Crippen LogP contribution in [0.3, 0.4) is 0 Å². The van der Waals surface area contributed by atoms with Crippen molar-refractivity contribution in [3.63, 3.8) is 0 Å². The van der Waals surface area contributed by atoms with Crippen LogP contribution in [0, 0.1) is 55.4 Å². The van der Waals surface area contributed by atoms with Crippen molar-refractivity contribution >= 4 is 22.3 Å². The summed E-state index contributed by atoms with van der Waals surface area (Å²) in [7, 11) is 8.37. The predicted octanol–water partition coefficient (Wildman–Crippen LogP) is 3.12. The van der Waals surface area contributed by atoms with Gasteiger partial charge in [-0.05, 0) is 90.1 Å². The maximum Gasteiger partial charge on any atom is 0.291 e. The minimum atomic E-state index is 0.867. The Kier molecular flexibility index (Phi) is 7.84. The van der Waals surface area contributed by atoms with E-state index in [1.807, 2.05) is 0 Å². The Hall–Kier alpha value is -6.56. The van der Waals surface area contributed by atoms with E-state index in [1.165, 1.54) is 5.69 Å². The Bertz CT molecular complexity index is 2750. The van der Waals surface area contributed by atoms with E-state index in [0.29, 0.717) is 0 Å². The molecule has 8 aromatic rings. The summed E-state index contributed by atoms with van der Waals surface area (Å²) in [5.41, 5.74) is 16.3. The lowest BCUT2D eigenvalue weighted by molar-refractivity contribution is -0.678. The van der Waals surface area contributed by atoms with E-state index in [-0.39, 0.29) is 0 Å². The van der Waals surface area contributed by atoms with Crippen LogP contribution in [0.5, 0.6) is 0 Å². The molecule has 284 valence electrons. The summed E-state index contributed by atoms with van der Waals surface area (Å²) in [6.45, 7) is 16.8. The van der Waals surface area contributed by atoms with Crippen molar-refractivity contribution in [2.75, 3.05) is 0 Å². The number of hydrogen-bond acceptors (Lipinski definition) is 3. The number of fused-ring (bicyclic) bond motifs is 8. The van der Waals surface area contributed by atoms with Gasteiger partial charge in [0.25, 0.3) is 5.82 Å². The monoisotopic (exact) mass is 745 g/mol. The van der Waals surface area contributed by atoms with E-state index < -0.39 is 0 Å². The van der Waals surface area contributed by atoms with Crippen LogP contribution in [-0.4, -0.2) is 53.6 Å². The maximum atomic E-state index is 5.14. The zero-order valence-electron chi connectivity index (χ0n) is 34.2. The molecule has 8 aromatic heterocycles.